The summed E-state index contributed by atoms with van der Waals surface area (Å²) in [5.41, 5.74) is 9.27. The van der Waals surface area contributed by atoms with E-state index in [0.29, 0.717) is 18.0 Å². The van der Waals surface area contributed by atoms with Crippen molar-refractivity contribution >= 4 is 39.7 Å². The molecule has 0 spiro atoms. The predicted octanol–water partition coefficient (Wildman–Crippen LogP) is 3.18. The highest BCUT2D eigenvalue weighted by Gasteiger charge is 2.15. The third-order valence-electron chi connectivity index (χ3n) is 5.05. The monoisotopic (exact) mass is 419 g/mol. The fourth-order valence-corrected chi connectivity index (χ4v) is 4.13. The first-order valence-electron chi connectivity index (χ1n) is 9.74. The number of fused-ring (bicyclic) bond motifs is 1. The van der Waals surface area contributed by atoms with Crippen LogP contribution in [0.5, 0.6) is 0 Å². The van der Waals surface area contributed by atoms with Crippen LogP contribution in [0.1, 0.15) is 4.88 Å². The highest BCUT2D eigenvalue weighted by Crippen LogP contribution is 2.31. The number of nitrogens with one attached hydrogen (secondary N) is 1. The van der Waals surface area contributed by atoms with Gasteiger partial charge < -0.3 is 20.7 Å². The first kappa shape index (κ1) is 18.7. The Morgan fingerprint density at radius 3 is 2.80 bits per heavy atom. The number of anilines is 3. The third-order valence-corrected chi connectivity index (χ3v) is 5.92. The molecular formula is C21H21N7OS. The van der Waals surface area contributed by atoms with E-state index in [1.54, 1.807) is 11.3 Å². The molecule has 1 fully saturated rings. The van der Waals surface area contributed by atoms with Crippen molar-refractivity contribution in [3.8, 4) is 11.3 Å². The van der Waals surface area contributed by atoms with Gasteiger partial charge in [-0.3, -0.25) is 0 Å². The van der Waals surface area contributed by atoms with Crippen molar-refractivity contribution in [2.75, 3.05) is 42.3 Å². The molecule has 30 heavy (non-hydrogen) atoms. The van der Waals surface area contributed by atoms with Crippen LogP contribution in [-0.4, -0.2) is 46.2 Å². The van der Waals surface area contributed by atoms with Gasteiger partial charge in [-0.15, -0.1) is 11.3 Å². The van der Waals surface area contributed by atoms with Gasteiger partial charge in [0.05, 0.1) is 30.0 Å². The van der Waals surface area contributed by atoms with Gasteiger partial charge in [-0.1, -0.05) is 6.07 Å². The molecule has 152 valence electrons. The molecule has 0 saturated carbocycles. The highest BCUT2D eigenvalue weighted by molar-refractivity contribution is 7.09. The molecule has 0 radical (unpaired) electrons. The Morgan fingerprint density at radius 2 is 2.03 bits per heavy atom. The first-order valence-corrected chi connectivity index (χ1v) is 10.6. The Labute approximate surface area is 177 Å². The number of rotatable bonds is 5. The van der Waals surface area contributed by atoms with Gasteiger partial charge in [0.2, 0.25) is 0 Å². The van der Waals surface area contributed by atoms with Crippen molar-refractivity contribution < 1.29 is 4.74 Å². The zero-order valence-electron chi connectivity index (χ0n) is 16.3. The molecule has 1 aliphatic rings. The van der Waals surface area contributed by atoms with Crippen molar-refractivity contribution in [2.24, 2.45) is 0 Å². The number of ether oxygens (including phenoxy) is 1. The summed E-state index contributed by atoms with van der Waals surface area (Å²) in [6.07, 6.45) is 3.30. The molecule has 0 aromatic carbocycles. The average molecular weight is 420 g/mol. The number of pyridine rings is 2. The lowest BCUT2D eigenvalue weighted by Crippen LogP contribution is -2.36. The number of hydrogen-bond donors (Lipinski definition) is 2. The Balaban J connectivity index is 1.49. The normalized spacial score (nSPS) is 14.2. The van der Waals surface area contributed by atoms with Crippen LogP contribution < -0.4 is 16.0 Å². The Hall–Kier alpha value is -3.30. The van der Waals surface area contributed by atoms with E-state index in [4.69, 9.17) is 15.5 Å². The minimum Gasteiger partial charge on any atom is -0.383 e. The van der Waals surface area contributed by atoms with Crippen molar-refractivity contribution in [1.29, 1.82) is 0 Å². The van der Waals surface area contributed by atoms with E-state index in [1.165, 1.54) is 11.2 Å². The zero-order valence-corrected chi connectivity index (χ0v) is 17.1. The Kier molecular flexibility index (Phi) is 5.12. The van der Waals surface area contributed by atoms with E-state index in [-0.39, 0.29) is 0 Å². The van der Waals surface area contributed by atoms with E-state index in [0.717, 1.165) is 54.5 Å². The summed E-state index contributed by atoms with van der Waals surface area (Å²) in [6.45, 7) is 3.87. The number of nitrogens with zero attached hydrogens (tertiary/aromatic N) is 5. The molecule has 4 aromatic heterocycles. The number of aromatic nitrogens is 4. The maximum atomic E-state index is 6.14. The zero-order chi connectivity index (χ0) is 20.3. The van der Waals surface area contributed by atoms with E-state index in [9.17, 15) is 0 Å². The van der Waals surface area contributed by atoms with E-state index < -0.39 is 0 Å². The minimum absolute atomic E-state index is 0.411. The second-order valence-electron chi connectivity index (χ2n) is 6.95. The second kappa shape index (κ2) is 8.21. The van der Waals surface area contributed by atoms with Crippen molar-refractivity contribution in [1.82, 2.24) is 19.9 Å². The molecule has 0 bridgehead atoms. The molecule has 1 saturated heterocycles. The minimum atomic E-state index is 0.411. The van der Waals surface area contributed by atoms with Gasteiger partial charge >= 0.3 is 0 Å². The third kappa shape index (κ3) is 3.77. The van der Waals surface area contributed by atoms with Crippen molar-refractivity contribution in [3.05, 3.63) is 53.1 Å². The lowest BCUT2D eigenvalue weighted by atomic mass is 10.1. The van der Waals surface area contributed by atoms with Crippen LogP contribution in [0.2, 0.25) is 0 Å². The molecule has 1 aliphatic heterocycles. The fraction of sp³-hybridized carbons (Fsp3) is 0.238. The number of thiophene rings is 1. The van der Waals surface area contributed by atoms with Gasteiger partial charge in [0.25, 0.3) is 0 Å². The van der Waals surface area contributed by atoms with Crippen LogP contribution in [0.25, 0.3) is 22.3 Å². The first-order chi connectivity index (χ1) is 14.8. The van der Waals surface area contributed by atoms with Gasteiger partial charge in [-0.2, -0.15) is 0 Å². The topological polar surface area (TPSA) is 102 Å². The molecule has 8 nitrogen and oxygen atoms in total. The average Bonchev–Trinajstić information content (AvgIpc) is 3.32. The standard InChI is InChI=1S/C21H21N7OS/c22-20-19-17(23-12-15-2-1-9-30-15)10-16(27-21(19)26-13-25-20)14-3-4-18(24-11-14)28-5-7-29-8-6-28/h1-4,9-11,13H,5-8,12H2,(H3,22,23,25,26,27). The SMILES string of the molecule is Nc1ncnc2nc(-c3ccc(N4CCOCC4)nc3)cc(NCc3cccs3)c12. The Morgan fingerprint density at radius 1 is 1.13 bits per heavy atom. The molecule has 5 heterocycles. The summed E-state index contributed by atoms with van der Waals surface area (Å²) in [7, 11) is 0. The molecule has 9 heteroatoms. The van der Waals surface area contributed by atoms with E-state index >= 15 is 0 Å². The predicted molar refractivity (Wildman–Crippen MR) is 120 cm³/mol. The quantitative estimate of drug-likeness (QED) is 0.509. The maximum absolute atomic E-state index is 6.14. The molecule has 3 N–H and O–H groups in total. The van der Waals surface area contributed by atoms with Crippen LogP contribution in [-0.2, 0) is 11.3 Å². The van der Waals surface area contributed by atoms with Crippen LogP contribution in [0, 0.1) is 0 Å². The van der Waals surface area contributed by atoms with Crippen LogP contribution in [0.15, 0.2) is 48.2 Å². The van der Waals surface area contributed by atoms with Gasteiger partial charge in [0.1, 0.15) is 18.0 Å². The summed E-state index contributed by atoms with van der Waals surface area (Å²) < 4.78 is 5.42. The molecule has 5 rings (SSSR count). The Bertz CT molecular complexity index is 1140. The molecule has 0 aliphatic carbocycles. The number of morpholine rings is 1. The molecule has 4 aromatic rings. The fourth-order valence-electron chi connectivity index (χ4n) is 3.49. The van der Waals surface area contributed by atoms with Crippen molar-refractivity contribution in [3.63, 3.8) is 0 Å². The number of hydrogen-bond acceptors (Lipinski definition) is 9. The highest BCUT2D eigenvalue weighted by atomic mass is 32.1. The van der Waals surface area contributed by atoms with Crippen LogP contribution in [0.3, 0.4) is 0 Å². The lowest BCUT2D eigenvalue weighted by Gasteiger charge is -2.27. The molecule has 0 amide bonds. The second-order valence-corrected chi connectivity index (χ2v) is 7.98. The van der Waals surface area contributed by atoms with Crippen LogP contribution in [0.4, 0.5) is 17.3 Å². The summed E-state index contributed by atoms with van der Waals surface area (Å²) in [5.74, 6) is 1.36. The van der Waals surface area contributed by atoms with E-state index in [1.807, 2.05) is 30.5 Å². The number of nitrogens with two attached hydrogens (primary N) is 1. The van der Waals surface area contributed by atoms with Gasteiger partial charge in [0, 0.05) is 36.3 Å². The largest absolute Gasteiger partial charge is 0.383 e. The number of nitrogen functional groups attached to an aromatic ring is 1. The smallest absolute Gasteiger partial charge is 0.167 e. The van der Waals surface area contributed by atoms with Gasteiger partial charge in [-0.05, 0) is 29.6 Å². The summed E-state index contributed by atoms with van der Waals surface area (Å²) in [4.78, 5) is 21.3. The van der Waals surface area contributed by atoms with E-state index in [2.05, 4.69) is 36.6 Å². The summed E-state index contributed by atoms with van der Waals surface area (Å²) in [6, 6.07) is 10.2. The van der Waals surface area contributed by atoms with Crippen LogP contribution >= 0.6 is 11.3 Å². The molecular weight excluding hydrogens is 398 g/mol. The van der Waals surface area contributed by atoms with Gasteiger partial charge in [-0.25, -0.2) is 19.9 Å². The molecule has 0 atom stereocenters. The van der Waals surface area contributed by atoms with Crippen molar-refractivity contribution in [2.45, 2.75) is 6.54 Å². The van der Waals surface area contributed by atoms with Gasteiger partial charge in [0.15, 0.2) is 5.65 Å². The summed E-state index contributed by atoms with van der Waals surface area (Å²) >= 11 is 1.70. The lowest BCUT2D eigenvalue weighted by molar-refractivity contribution is 0.122. The maximum Gasteiger partial charge on any atom is 0.167 e. The summed E-state index contributed by atoms with van der Waals surface area (Å²) in [5, 5.41) is 6.27. The molecule has 0 unspecified atom stereocenters.